The van der Waals surface area contributed by atoms with Gasteiger partial charge in [-0.15, -0.1) is 0 Å². The van der Waals surface area contributed by atoms with Gasteiger partial charge in [-0.05, 0) is 41.9 Å². The fraction of sp³-hybridized carbons (Fsp3) is 0.769. The molecule has 0 heterocycles. The molecule has 0 spiro atoms. The highest BCUT2D eigenvalue weighted by Gasteiger charge is 2.66. The third kappa shape index (κ3) is 1.14. The molecule has 0 saturated heterocycles. The van der Waals surface area contributed by atoms with Gasteiger partial charge in [-0.2, -0.15) is 0 Å². The van der Waals surface area contributed by atoms with Crippen molar-refractivity contribution in [2.24, 2.45) is 35.0 Å². The van der Waals surface area contributed by atoms with Gasteiger partial charge >= 0.3 is 5.97 Å². The highest BCUT2D eigenvalue weighted by Crippen LogP contribution is 2.67. The highest BCUT2D eigenvalue weighted by atomic mass is 16.4. The van der Waals surface area contributed by atoms with Gasteiger partial charge in [-0.1, -0.05) is 26.0 Å². The smallest absolute Gasteiger partial charge is 0.307 e. The Hall–Kier alpha value is -0.790. The first-order valence-corrected chi connectivity index (χ1v) is 5.93. The van der Waals surface area contributed by atoms with E-state index in [1.807, 2.05) is 0 Å². The third-order valence-electron chi connectivity index (χ3n) is 4.97. The highest BCUT2D eigenvalue weighted by molar-refractivity contribution is 5.75. The first kappa shape index (κ1) is 9.44. The maximum Gasteiger partial charge on any atom is 0.307 e. The second-order valence-corrected chi connectivity index (χ2v) is 6.11. The number of hydrogen-bond acceptors (Lipinski definition) is 1. The number of fused-ring (bicyclic) bond motifs is 2. The van der Waals surface area contributed by atoms with E-state index in [2.05, 4.69) is 26.0 Å². The van der Waals surface area contributed by atoms with Crippen LogP contribution in [0.2, 0.25) is 0 Å². The van der Waals surface area contributed by atoms with Crippen LogP contribution < -0.4 is 0 Å². The van der Waals surface area contributed by atoms with Crippen molar-refractivity contribution in [1.29, 1.82) is 0 Å². The average molecular weight is 206 g/mol. The van der Waals surface area contributed by atoms with Crippen LogP contribution in [0, 0.1) is 35.0 Å². The molecule has 0 amide bonds. The number of hydrogen-bond donors (Lipinski definition) is 1. The van der Waals surface area contributed by atoms with Crippen molar-refractivity contribution in [3.05, 3.63) is 12.2 Å². The summed E-state index contributed by atoms with van der Waals surface area (Å²) >= 11 is 0. The molecular weight excluding hydrogens is 188 g/mol. The third-order valence-corrected chi connectivity index (χ3v) is 4.97. The first-order chi connectivity index (χ1) is 7.01. The minimum Gasteiger partial charge on any atom is -0.481 e. The Labute approximate surface area is 90.4 Å². The average Bonchev–Trinajstić information content (AvgIpc) is 2.58. The summed E-state index contributed by atoms with van der Waals surface area (Å²) in [7, 11) is 0. The van der Waals surface area contributed by atoms with Gasteiger partial charge < -0.3 is 5.11 Å². The van der Waals surface area contributed by atoms with Crippen molar-refractivity contribution >= 4 is 5.97 Å². The summed E-state index contributed by atoms with van der Waals surface area (Å²) in [5.41, 5.74) is 0.0365. The van der Waals surface area contributed by atoms with Crippen LogP contribution >= 0.6 is 0 Å². The van der Waals surface area contributed by atoms with Gasteiger partial charge in [-0.25, -0.2) is 0 Å². The van der Waals surface area contributed by atoms with E-state index in [0.717, 1.165) is 5.92 Å². The molecule has 2 bridgehead atoms. The molecule has 0 aromatic carbocycles. The fourth-order valence-electron chi connectivity index (χ4n) is 4.18. The van der Waals surface area contributed by atoms with Crippen LogP contribution in [0.15, 0.2) is 12.2 Å². The largest absolute Gasteiger partial charge is 0.481 e. The van der Waals surface area contributed by atoms with Crippen molar-refractivity contribution in [2.75, 3.05) is 0 Å². The Bertz CT molecular complexity index is 342. The summed E-state index contributed by atoms with van der Waals surface area (Å²) in [6, 6.07) is 0. The molecule has 82 valence electrons. The van der Waals surface area contributed by atoms with Crippen molar-refractivity contribution in [3.63, 3.8) is 0 Å². The van der Waals surface area contributed by atoms with E-state index in [1.54, 1.807) is 0 Å². The van der Waals surface area contributed by atoms with E-state index in [1.165, 1.54) is 12.8 Å². The molecule has 0 aromatic rings. The standard InChI is InChI=1S/C13H18O2/c1-13(2)10(11(13)12(14)15)9-6-7-3-4-8(9)5-7/h3-4,7-11H,5-6H2,1-2H3,(H,14,15)/t7?,8?,9?,10-,11+/m1/s1. The zero-order valence-electron chi connectivity index (χ0n) is 9.31. The molecule has 3 aliphatic carbocycles. The molecule has 5 atom stereocenters. The van der Waals surface area contributed by atoms with Crippen LogP contribution in [-0.4, -0.2) is 11.1 Å². The Balaban J connectivity index is 1.80. The summed E-state index contributed by atoms with van der Waals surface area (Å²) in [5.74, 6) is 1.84. The van der Waals surface area contributed by atoms with Crippen LogP contribution in [0.3, 0.4) is 0 Å². The lowest BCUT2D eigenvalue weighted by atomic mass is 9.86. The molecule has 2 saturated carbocycles. The number of carboxylic acid groups (broad SMARTS) is 1. The zero-order chi connectivity index (χ0) is 10.8. The van der Waals surface area contributed by atoms with E-state index in [-0.39, 0.29) is 11.3 Å². The maximum atomic E-state index is 11.1. The summed E-state index contributed by atoms with van der Waals surface area (Å²) in [6.45, 7) is 4.23. The van der Waals surface area contributed by atoms with Gasteiger partial charge in [-0.3, -0.25) is 4.79 Å². The molecule has 0 radical (unpaired) electrons. The van der Waals surface area contributed by atoms with Gasteiger partial charge in [0.15, 0.2) is 0 Å². The van der Waals surface area contributed by atoms with Crippen molar-refractivity contribution in [3.8, 4) is 0 Å². The van der Waals surface area contributed by atoms with Gasteiger partial charge in [0.1, 0.15) is 0 Å². The van der Waals surface area contributed by atoms with Gasteiger partial charge in [0.2, 0.25) is 0 Å². The molecule has 1 N–H and O–H groups in total. The summed E-state index contributed by atoms with van der Waals surface area (Å²) in [5, 5.41) is 9.17. The molecule has 3 rings (SSSR count). The zero-order valence-corrected chi connectivity index (χ0v) is 9.31. The minimum absolute atomic E-state index is 0.0365. The van der Waals surface area contributed by atoms with Gasteiger partial charge in [0, 0.05) is 0 Å². The number of carboxylic acids is 1. The van der Waals surface area contributed by atoms with Crippen LogP contribution in [0.25, 0.3) is 0 Å². The normalized spacial score (nSPS) is 49.6. The molecule has 0 aromatic heterocycles. The Kier molecular flexibility index (Phi) is 1.67. The van der Waals surface area contributed by atoms with Crippen molar-refractivity contribution < 1.29 is 9.90 Å². The molecule has 0 aliphatic heterocycles. The fourth-order valence-corrected chi connectivity index (χ4v) is 4.18. The Morgan fingerprint density at radius 3 is 2.47 bits per heavy atom. The molecule has 15 heavy (non-hydrogen) atoms. The van der Waals surface area contributed by atoms with Crippen LogP contribution in [0.1, 0.15) is 26.7 Å². The lowest BCUT2D eigenvalue weighted by Crippen LogP contribution is -2.13. The Morgan fingerprint density at radius 1 is 1.33 bits per heavy atom. The lowest BCUT2D eigenvalue weighted by Gasteiger charge is -2.19. The Morgan fingerprint density at radius 2 is 2.07 bits per heavy atom. The summed E-state index contributed by atoms with van der Waals surface area (Å²) < 4.78 is 0. The van der Waals surface area contributed by atoms with Crippen molar-refractivity contribution in [1.82, 2.24) is 0 Å². The topological polar surface area (TPSA) is 37.3 Å². The van der Waals surface area contributed by atoms with Crippen molar-refractivity contribution in [2.45, 2.75) is 26.7 Å². The van der Waals surface area contributed by atoms with Crippen LogP contribution in [0.5, 0.6) is 0 Å². The summed E-state index contributed by atoms with van der Waals surface area (Å²) in [6.07, 6.45) is 7.17. The van der Waals surface area contributed by atoms with Crippen LogP contribution in [-0.2, 0) is 4.79 Å². The molecular formula is C13H18O2. The van der Waals surface area contributed by atoms with E-state index in [9.17, 15) is 9.90 Å². The number of rotatable bonds is 2. The predicted octanol–water partition coefficient (Wildman–Crippen LogP) is 2.56. The predicted molar refractivity (Wildman–Crippen MR) is 57.2 cm³/mol. The monoisotopic (exact) mass is 206 g/mol. The quantitative estimate of drug-likeness (QED) is 0.705. The van der Waals surface area contributed by atoms with E-state index < -0.39 is 5.97 Å². The molecule has 2 fully saturated rings. The maximum absolute atomic E-state index is 11.1. The number of allylic oxidation sites excluding steroid dienone is 2. The van der Waals surface area contributed by atoms with Gasteiger partial charge in [0.25, 0.3) is 0 Å². The van der Waals surface area contributed by atoms with E-state index >= 15 is 0 Å². The molecule has 3 aliphatic rings. The number of aliphatic carboxylic acids is 1. The van der Waals surface area contributed by atoms with E-state index in [4.69, 9.17) is 0 Å². The molecule has 2 heteroatoms. The molecule has 3 unspecified atom stereocenters. The first-order valence-electron chi connectivity index (χ1n) is 5.93. The summed E-state index contributed by atoms with van der Waals surface area (Å²) in [4.78, 5) is 11.1. The second-order valence-electron chi connectivity index (χ2n) is 6.11. The van der Waals surface area contributed by atoms with Gasteiger partial charge in [0.05, 0.1) is 5.92 Å². The molecule has 2 nitrogen and oxygen atoms in total. The lowest BCUT2D eigenvalue weighted by molar-refractivity contribution is -0.139. The van der Waals surface area contributed by atoms with Crippen LogP contribution in [0.4, 0.5) is 0 Å². The minimum atomic E-state index is -0.586. The number of carbonyl (C=O) groups is 1. The second kappa shape index (κ2) is 2.66. The SMILES string of the molecule is CC1(C)[C@H](C(=O)O)[C@H]1C1CC2C=CC1C2. The van der Waals surface area contributed by atoms with E-state index in [0.29, 0.717) is 17.8 Å².